The number of phenolic OH excluding ortho intramolecular Hbond substituents is 1. The van der Waals surface area contributed by atoms with E-state index in [-0.39, 0.29) is 23.6 Å². The molecule has 0 radical (unpaired) electrons. The first-order chi connectivity index (χ1) is 15.6. The fourth-order valence-electron chi connectivity index (χ4n) is 3.21. The number of aromatic hydroxyl groups is 1. The van der Waals surface area contributed by atoms with Gasteiger partial charge in [0.2, 0.25) is 11.7 Å². The van der Waals surface area contributed by atoms with Crippen molar-refractivity contribution in [3.05, 3.63) is 47.9 Å². The minimum atomic E-state index is -0.727. The Morgan fingerprint density at radius 2 is 1.88 bits per heavy atom. The second-order valence-electron chi connectivity index (χ2n) is 8.05. The molecule has 0 spiro atoms. The van der Waals surface area contributed by atoms with Crippen molar-refractivity contribution in [3.8, 4) is 28.6 Å². The molecular weight excluding hydrogens is 426 g/mol. The highest BCUT2D eigenvalue weighted by Crippen LogP contribution is 2.43. The van der Waals surface area contributed by atoms with Gasteiger partial charge in [-0.25, -0.2) is 0 Å². The summed E-state index contributed by atoms with van der Waals surface area (Å²) in [5.41, 5.74) is 0.108. The Hall–Kier alpha value is -3.88. The number of ether oxygens (including phenoxy) is 2. The summed E-state index contributed by atoms with van der Waals surface area (Å²) < 4.78 is 16.4. The maximum absolute atomic E-state index is 13.4. The van der Waals surface area contributed by atoms with Crippen LogP contribution in [0.5, 0.6) is 17.2 Å². The van der Waals surface area contributed by atoms with Crippen LogP contribution in [0.3, 0.4) is 0 Å². The van der Waals surface area contributed by atoms with Crippen LogP contribution in [0.1, 0.15) is 50.9 Å². The Balaban J connectivity index is 0.00000149. The number of phenols is 1. The lowest BCUT2D eigenvalue weighted by Crippen LogP contribution is -2.38. The second kappa shape index (κ2) is 9.32. The molecule has 1 N–H and O–H groups in total. The lowest BCUT2D eigenvalue weighted by molar-refractivity contribution is -0.152. The van der Waals surface area contributed by atoms with Crippen LogP contribution in [0.4, 0.5) is 5.69 Å². The van der Waals surface area contributed by atoms with Gasteiger partial charge in [-0.3, -0.25) is 14.5 Å². The van der Waals surface area contributed by atoms with Crippen molar-refractivity contribution in [2.45, 2.75) is 47.1 Å². The molecule has 1 aliphatic rings. The summed E-state index contributed by atoms with van der Waals surface area (Å²) in [6.45, 7) is 10.5. The summed E-state index contributed by atoms with van der Waals surface area (Å²) in [7, 11) is 0. The number of carbonyl (C=O) groups excluding carboxylic acids is 2. The third-order valence-corrected chi connectivity index (χ3v) is 4.43. The van der Waals surface area contributed by atoms with E-state index in [0.717, 1.165) is 0 Å². The van der Waals surface area contributed by atoms with Crippen molar-refractivity contribution in [3.63, 3.8) is 0 Å². The number of nitrogens with zero attached hydrogens (tertiary/aromatic N) is 3. The first kappa shape index (κ1) is 23.8. The third-order valence-electron chi connectivity index (χ3n) is 4.43. The van der Waals surface area contributed by atoms with Crippen molar-refractivity contribution in [2.24, 2.45) is 0 Å². The first-order valence-corrected chi connectivity index (χ1v) is 10.6. The second-order valence-corrected chi connectivity index (χ2v) is 8.05. The Morgan fingerprint density at radius 1 is 1.15 bits per heavy atom. The molecule has 1 aromatic heterocycles. The molecule has 9 heteroatoms. The van der Waals surface area contributed by atoms with Crippen LogP contribution in [-0.2, 0) is 9.53 Å². The molecule has 33 heavy (non-hydrogen) atoms. The Labute approximate surface area is 191 Å². The number of aromatic nitrogens is 2. The van der Waals surface area contributed by atoms with Gasteiger partial charge in [-0.05, 0) is 51.1 Å². The van der Waals surface area contributed by atoms with Crippen LogP contribution in [-0.4, -0.2) is 39.3 Å². The lowest BCUT2D eigenvalue weighted by atomic mass is 10.1. The summed E-state index contributed by atoms with van der Waals surface area (Å²) in [5, 5.41) is 14.2. The smallest absolute Gasteiger partial charge is 0.326 e. The van der Waals surface area contributed by atoms with Gasteiger partial charge in [-0.15, -0.1) is 0 Å². The zero-order valence-electron chi connectivity index (χ0n) is 19.5. The fraction of sp³-hybridized carbons (Fsp3) is 0.333. The van der Waals surface area contributed by atoms with E-state index in [4.69, 9.17) is 14.0 Å². The molecule has 0 saturated carbocycles. The number of carbonyl (C=O) groups is 2. The molecule has 0 saturated heterocycles. The maximum atomic E-state index is 13.4. The zero-order chi connectivity index (χ0) is 24.3. The standard InChI is InChI=1S/C22H21N3O6.C2H6/c1-12-23-20(24-31-12)13-8-9-16-14(10-13)25(11-18(27)30-22(2,3)4)21(28)19-15(26)6-5-7-17(19)29-16;1-2/h5-10,26H,11H2,1-4H3;1-2H3. The van der Waals surface area contributed by atoms with Gasteiger partial charge in [0, 0.05) is 12.5 Å². The van der Waals surface area contributed by atoms with Gasteiger partial charge in [-0.2, -0.15) is 4.98 Å². The molecule has 174 valence electrons. The van der Waals surface area contributed by atoms with Gasteiger partial charge >= 0.3 is 5.97 Å². The first-order valence-electron chi connectivity index (χ1n) is 10.6. The van der Waals surface area contributed by atoms with Crippen LogP contribution in [0.2, 0.25) is 0 Å². The SMILES string of the molecule is CC.Cc1nc(-c2ccc3c(c2)N(CC(=O)OC(C)(C)C)C(=O)c2c(O)cccc2O3)no1. The molecule has 1 amide bonds. The van der Waals surface area contributed by atoms with Gasteiger partial charge in [0.25, 0.3) is 5.91 Å². The van der Waals surface area contributed by atoms with Gasteiger partial charge in [-0.1, -0.05) is 25.1 Å². The quantitative estimate of drug-likeness (QED) is 0.559. The predicted molar refractivity (Wildman–Crippen MR) is 122 cm³/mol. The average molecular weight is 453 g/mol. The maximum Gasteiger partial charge on any atom is 0.326 e. The highest BCUT2D eigenvalue weighted by atomic mass is 16.6. The molecule has 0 fully saturated rings. The summed E-state index contributed by atoms with van der Waals surface area (Å²) in [6, 6.07) is 9.52. The van der Waals surface area contributed by atoms with Gasteiger partial charge in [0.1, 0.15) is 29.2 Å². The molecule has 2 aromatic carbocycles. The highest BCUT2D eigenvalue weighted by Gasteiger charge is 2.33. The van der Waals surface area contributed by atoms with E-state index < -0.39 is 17.5 Å². The normalized spacial score (nSPS) is 12.5. The Morgan fingerprint density at radius 3 is 2.52 bits per heavy atom. The van der Waals surface area contributed by atoms with Crippen molar-refractivity contribution in [1.82, 2.24) is 10.1 Å². The van der Waals surface area contributed by atoms with Crippen LogP contribution >= 0.6 is 0 Å². The number of fused-ring (bicyclic) bond motifs is 2. The van der Waals surface area contributed by atoms with E-state index in [2.05, 4.69) is 10.1 Å². The van der Waals surface area contributed by atoms with Gasteiger partial charge in [0.05, 0.1) is 5.69 Å². The van der Waals surface area contributed by atoms with Gasteiger partial charge < -0.3 is 19.1 Å². The van der Waals surface area contributed by atoms with Crippen LogP contribution in [0, 0.1) is 6.92 Å². The van der Waals surface area contributed by atoms with Crippen LogP contribution in [0.25, 0.3) is 11.4 Å². The highest BCUT2D eigenvalue weighted by molar-refractivity contribution is 6.13. The molecule has 0 bridgehead atoms. The number of amides is 1. The van der Waals surface area contributed by atoms with E-state index in [1.807, 2.05) is 13.8 Å². The number of benzene rings is 2. The molecule has 9 nitrogen and oxygen atoms in total. The van der Waals surface area contributed by atoms with Gasteiger partial charge in [0.15, 0.2) is 5.75 Å². The van der Waals surface area contributed by atoms with E-state index in [9.17, 15) is 14.7 Å². The molecule has 2 heterocycles. The van der Waals surface area contributed by atoms with E-state index >= 15 is 0 Å². The number of esters is 1. The van der Waals surface area contributed by atoms with E-state index in [0.29, 0.717) is 28.7 Å². The fourth-order valence-corrected chi connectivity index (χ4v) is 3.21. The van der Waals surface area contributed by atoms with Crippen LogP contribution in [0.15, 0.2) is 40.9 Å². The van der Waals surface area contributed by atoms with E-state index in [1.54, 1.807) is 58.0 Å². The number of hydrogen-bond acceptors (Lipinski definition) is 8. The van der Waals surface area contributed by atoms with Crippen molar-refractivity contribution < 1.29 is 28.7 Å². The van der Waals surface area contributed by atoms with Crippen LogP contribution < -0.4 is 9.64 Å². The molecule has 0 atom stereocenters. The molecule has 1 aliphatic heterocycles. The van der Waals surface area contributed by atoms with E-state index in [1.165, 1.54) is 11.0 Å². The molecule has 3 aromatic rings. The molecule has 0 unspecified atom stereocenters. The third kappa shape index (κ3) is 5.14. The van der Waals surface area contributed by atoms with Crippen molar-refractivity contribution in [1.29, 1.82) is 0 Å². The topological polar surface area (TPSA) is 115 Å². The summed E-state index contributed by atoms with van der Waals surface area (Å²) >= 11 is 0. The lowest BCUT2D eigenvalue weighted by Gasteiger charge is -2.25. The minimum Gasteiger partial charge on any atom is -0.507 e. The molecule has 0 aliphatic carbocycles. The number of hydrogen-bond donors (Lipinski definition) is 1. The Bertz CT molecular complexity index is 1180. The van der Waals surface area contributed by atoms with Crippen molar-refractivity contribution in [2.75, 3.05) is 11.4 Å². The number of anilines is 1. The average Bonchev–Trinajstić information content (AvgIpc) is 3.14. The predicted octanol–water partition coefficient (Wildman–Crippen LogP) is 4.87. The summed E-state index contributed by atoms with van der Waals surface area (Å²) in [6.07, 6.45) is 0. The van der Waals surface area contributed by atoms with Crippen molar-refractivity contribution >= 4 is 17.6 Å². The molecule has 4 rings (SSSR count). The summed E-state index contributed by atoms with van der Waals surface area (Å²) in [5.74, 6) is -0.231. The monoisotopic (exact) mass is 453 g/mol. The number of rotatable bonds is 3. The zero-order valence-corrected chi connectivity index (χ0v) is 19.5. The molecular formula is C24H27N3O6. The summed E-state index contributed by atoms with van der Waals surface area (Å²) in [4.78, 5) is 31.4. The Kier molecular flexibility index (Phi) is 6.71. The number of aryl methyl sites for hydroxylation is 1. The largest absolute Gasteiger partial charge is 0.507 e. The minimum absolute atomic E-state index is 0.0424.